The van der Waals surface area contributed by atoms with Gasteiger partial charge in [0.05, 0.1) is 0 Å². The zero-order chi connectivity index (χ0) is 18.8. The van der Waals surface area contributed by atoms with Crippen LogP contribution >= 0.6 is 0 Å². The van der Waals surface area contributed by atoms with Crippen LogP contribution in [0.2, 0.25) is 0 Å². The van der Waals surface area contributed by atoms with E-state index in [0.717, 1.165) is 62.5 Å². The second kappa shape index (κ2) is 7.55. The van der Waals surface area contributed by atoms with E-state index >= 15 is 0 Å². The highest BCUT2D eigenvalue weighted by Gasteiger charge is 2.26. The van der Waals surface area contributed by atoms with Crippen LogP contribution in [-0.4, -0.2) is 53.1 Å². The number of amides is 2. The number of carbonyl (C=O) groups is 1. The third-order valence-corrected chi connectivity index (χ3v) is 5.85. The Kier molecular flexibility index (Phi) is 4.97. The van der Waals surface area contributed by atoms with Gasteiger partial charge in [0.15, 0.2) is 0 Å². The second-order valence-electron chi connectivity index (χ2n) is 7.54. The third kappa shape index (κ3) is 3.75. The molecular formula is C21H27N5O. The lowest BCUT2D eigenvalue weighted by atomic mass is 9.88. The number of anilines is 1. The summed E-state index contributed by atoms with van der Waals surface area (Å²) in [5.74, 6) is 0.992. The molecule has 1 aliphatic carbocycles. The zero-order valence-corrected chi connectivity index (χ0v) is 16.1. The van der Waals surface area contributed by atoms with Gasteiger partial charge >= 0.3 is 6.03 Å². The molecular weight excluding hydrogens is 338 g/mol. The standard InChI is InChI=1S/C21H27N5O/c1-15-16(2)22-14-23-20(15)25-9-11-26(12-10-25)21(27)24-19-8-7-17-5-3-4-6-18(17)13-19/h3-6,14,19H,7-13H2,1-2H3,(H,24,27). The molecule has 1 aromatic heterocycles. The molecule has 1 saturated heterocycles. The van der Waals surface area contributed by atoms with Gasteiger partial charge in [-0.25, -0.2) is 14.8 Å². The number of nitrogens with one attached hydrogen (secondary N) is 1. The number of aryl methyl sites for hydroxylation is 2. The molecule has 142 valence electrons. The Morgan fingerprint density at radius 3 is 2.59 bits per heavy atom. The summed E-state index contributed by atoms with van der Waals surface area (Å²) in [5, 5.41) is 3.25. The van der Waals surface area contributed by atoms with Crippen molar-refractivity contribution < 1.29 is 4.79 Å². The first-order chi connectivity index (χ1) is 13.1. The normalized spacial score (nSPS) is 19.6. The van der Waals surface area contributed by atoms with Gasteiger partial charge in [0, 0.05) is 43.5 Å². The SMILES string of the molecule is Cc1ncnc(N2CCN(C(=O)NC3CCc4ccccc4C3)CC2)c1C. The van der Waals surface area contributed by atoms with E-state index in [1.165, 1.54) is 11.1 Å². The lowest BCUT2D eigenvalue weighted by Crippen LogP contribution is -2.54. The Morgan fingerprint density at radius 1 is 1.07 bits per heavy atom. The Morgan fingerprint density at radius 2 is 1.81 bits per heavy atom. The van der Waals surface area contributed by atoms with Crippen LogP contribution < -0.4 is 10.2 Å². The number of hydrogen-bond acceptors (Lipinski definition) is 4. The van der Waals surface area contributed by atoms with Gasteiger partial charge in [-0.15, -0.1) is 0 Å². The van der Waals surface area contributed by atoms with Gasteiger partial charge in [-0.2, -0.15) is 0 Å². The van der Waals surface area contributed by atoms with Crippen molar-refractivity contribution in [3.8, 4) is 0 Å². The minimum Gasteiger partial charge on any atom is -0.353 e. The van der Waals surface area contributed by atoms with Crippen LogP contribution in [0, 0.1) is 13.8 Å². The molecule has 4 rings (SSSR count). The highest BCUT2D eigenvalue weighted by molar-refractivity contribution is 5.75. The van der Waals surface area contributed by atoms with Gasteiger partial charge in [0.25, 0.3) is 0 Å². The molecule has 0 bridgehead atoms. The van der Waals surface area contributed by atoms with Crippen LogP contribution in [-0.2, 0) is 12.8 Å². The van der Waals surface area contributed by atoms with E-state index in [4.69, 9.17) is 0 Å². The number of rotatable bonds is 2. The van der Waals surface area contributed by atoms with Gasteiger partial charge < -0.3 is 15.1 Å². The van der Waals surface area contributed by atoms with Gasteiger partial charge in [-0.05, 0) is 44.2 Å². The van der Waals surface area contributed by atoms with E-state index in [-0.39, 0.29) is 12.1 Å². The van der Waals surface area contributed by atoms with Crippen molar-refractivity contribution in [2.75, 3.05) is 31.1 Å². The van der Waals surface area contributed by atoms with Gasteiger partial charge in [0.2, 0.25) is 0 Å². The molecule has 1 N–H and O–H groups in total. The van der Waals surface area contributed by atoms with Gasteiger partial charge in [0.1, 0.15) is 12.1 Å². The van der Waals surface area contributed by atoms with E-state index in [9.17, 15) is 4.79 Å². The predicted molar refractivity (Wildman–Crippen MR) is 106 cm³/mol. The van der Waals surface area contributed by atoms with Crippen LogP contribution in [0.3, 0.4) is 0 Å². The van der Waals surface area contributed by atoms with Crippen molar-refractivity contribution in [3.05, 3.63) is 53.0 Å². The summed E-state index contributed by atoms with van der Waals surface area (Å²) in [6.45, 7) is 7.11. The number of carbonyl (C=O) groups excluding carboxylic acids is 1. The van der Waals surface area contributed by atoms with Crippen LogP contribution in [0.15, 0.2) is 30.6 Å². The largest absolute Gasteiger partial charge is 0.353 e. The number of fused-ring (bicyclic) bond motifs is 1. The molecule has 1 atom stereocenters. The molecule has 2 amide bonds. The van der Waals surface area contributed by atoms with Crippen molar-refractivity contribution in [2.45, 2.75) is 39.2 Å². The van der Waals surface area contributed by atoms with Gasteiger partial charge in [-0.3, -0.25) is 0 Å². The smallest absolute Gasteiger partial charge is 0.317 e. The quantitative estimate of drug-likeness (QED) is 0.888. The van der Waals surface area contributed by atoms with Crippen LogP contribution in [0.25, 0.3) is 0 Å². The molecule has 6 heteroatoms. The maximum atomic E-state index is 12.7. The number of aromatic nitrogens is 2. The fourth-order valence-electron chi connectivity index (χ4n) is 4.05. The Balaban J connectivity index is 1.32. The zero-order valence-electron chi connectivity index (χ0n) is 16.1. The van der Waals surface area contributed by atoms with Crippen LogP contribution in [0.5, 0.6) is 0 Å². The van der Waals surface area contributed by atoms with Crippen molar-refractivity contribution in [2.24, 2.45) is 0 Å². The molecule has 6 nitrogen and oxygen atoms in total. The maximum Gasteiger partial charge on any atom is 0.317 e. The molecule has 27 heavy (non-hydrogen) atoms. The molecule has 2 aliphatic rings. The second-order valence-corrected chi connectivity index (χ2v) is 7.54. The molecule has 2 heterocycles. The summed E-state index contributed by atoms with van der Waals surface area (Å²) in [6, 6.07) is 8.85. The van der Waals surface area contributed by atoms with Crippen molar-refractivity contribution >= 4 is 11.8 Å². The molecule has 1 aromatic carbocycles. The van der Waals surface area contributed by atoms with E-state index < -0.39 is 0 Å². The number of nitrogens with zero attached hydrogens (tertiary/aromatic N) is 4. The highest BCUT2D eigenvalue weighted by Crippen LogP contribution is 2.22. The Hall–Kier alpha value is -2.63. The van der Waals surface area contributed by atoms with E-state index in [2.05, 4.69) is 51.4 Å². The van der Waals surface area contributed by atoms with Crippen molar-refractivity contribution in [1.82, 2.24) is 20.2 Å². The summed E-state index contributed by atoms with van der Waals surface area (Å²) in [5.41, 5.74) is 4.93. The third-order valence-electron chi connectivity index (χ3n) is 5.85. The maximum absolute atomic E-state index is 12.7. The van der Waals surface area contributed by atoms with Gasteiger partial charge in [-0.1, -0.05) is 24.3 Å². The predicted octanol–water partition coefficient (Wildman–Crippen LogP) is 2.48. The molecule has 1 fully saturated rings. The molecule has 0 saturated carbocycles. The Labute approximate surface area is 160 Å². The average molecular weight is 365 g/mol. The number of urea groups is 1. The monoisotopic (exact) mass is 365 g/mol. The van der Waals surface area contributed by atoms with Crippen molar-refractivity contribution in [1.29, 1.82) is 0 Å². The summed E-state index contributed by atoms with van der Waals surface area (Å²) < 4.78 is 0. The molecule has 1 unspecified atom stereocenters. The van der Waals surface area contributed by atoms with E-state index in [1.807, 2.05) is 11.8 Å². The molecule has 2 aromatic rings. The van der Waals surface area contributed by atoms with Crippen LogP contribution in [0.4, 0.5) is 10.6 Å². The van der Waals surface area contributed by atoms with Crippen molar-refractivity contribution in [3.63, 3.8) is 0 Å². The first-order valence-electron chi connectivity index (χ1n) is 9.77. The number of piperazine rings is 1. The number of benzene rings is 1. The minimum atomic E-state index is 0.0645. The first-order valence-corrected chi connectivity index (χ1v) is 9.77. The van der Waals surface area contributed by atoms with E-state index in [1.54, 1.807) is 6.33 Å². The molecule has 1 aliphatic heterocycles. The topological polar surface area (TPSA) is 61.4 Å². The number of hydrogen-bond donors (Lipinski definition) is 1. The average Bonchev–Trinajstić information content (AvgIpc) is 2.70. The molecule has 0 radical (unpaired) electrons. The van der Waals surface area contributed by atoms with E-state index in [0.29, 0.717) is 0 Å². The summed E-state index contributed by atoms with van der Waals surface area (Å²) in [6.07, 6.45) is 4.61. The Bertz CT molecular complexity index is 829. The lowest BCUT2D eigenvalue weighted by molar-refractivity contribution is 0.189. The lowest BCUT2D eigenvalue weighted by Gasteiger charge is -2.37. The fourth-order valence-corrected chi connectivity index (χ4v) is 4.05. The summed E-state index contributed by atoms with van der Waals surface area (Å²) in [4.78, 5) is 25.6. The van der Waals surface area contributed by atoms with Crippen LogP contribution in [0.1, 0.15) is 28.8 Å². The minimum absolute atomic E-state index is 0.0645. The first kappa shape index (κ1) is 17.8. The summed E-state index contributed by atoms with van der Waals surface area (Å²) in [7, 11) is 0. The fraction of sp³-hybridized carbons (Fsp3) is 0.476. The highest BCUT2D eigenvalue weighted by atomic mass is 16.2. The molecule has 0 spiro atoms. The summed E-state index contributed by atoms with van der Waals surface area (Å²) >= 11 is 0.